The molecule has 0 amide bonds. The number of benzene rings is 2. The third-order valence-corrected chi connectivity index (χ3v) is 6.74. The highest BCUT2D eigenvalue weighted by molar-refractivity contribution is 7.92. The Morgan fingerprint density at radius 1 is 0.957 bits per heavy atom. The van der Waals surface area contributed by atoms with Crippen LogP contribution < -0.4 is 10.6 Å². The van der Waals surface area contributed by atoms with E-state index in [2.05, 4.69) is 16.7 Å². The summed E-state index contributed by atoms with van der Waals surface area (Å²) >= 11 is 0. The second kappa shape index (κ2) is 5.57. The van der Waals surface area contributed by atoms with Crippen LogP contribution in [0.25, 0.3) is 0 Å². The Balaban J connectivity index is 1.66. The smallest absolute Gasteiger partial charge is 0.199 e. The maximum Gasteiger partial charge on any atom is 0.199 e. The maximum atomic E-state index is 13.0. The summed E-state index contributed by atoms with van der Waals surface area (Å²) in [5.74, 6) is 0. The molecule has 2 N–H and O–H groups in total. The first kappa shape index (κ1) is 14.6. The number of hydrogen-bond donors (Lipinski definition) is 2. The zero-order valence-electron chi connectivity index (χ0n) is 12.9. The molecule has 0 radical (unpaired) electrons. The van der Waals surface area contributed by atoms with Crippen molar-refractivity contribution in [3.8, 4) is 0 Å². The van der Waals surface area contributed by atoms with E-state index in [1.54, 1.807) is 6.07 Å². The van der Waals surface area contributed by atoms with Crippen LogP contribution >= 0.6 is 0 Å². The minimum atomic E-state index is -3.38. The molecule has 5 heteroatoms. The molecule has 120 valence electrons. The van der Waals surface area contributed by atoms with Gasteiger partial charge in [0.15, 0.2) is 9.84 Å². The van der Waals surface area contributed by atoms with Crippen molar-refractivity contribution in [3.05, 3.63) is 53.6 Å². The van der Waals surface area contributed by atoms with Gasteiger partial charge in [-0.2, -0.15) is 0 Å². The fourth-order valence-corrected chi connectivity index (χ4v) is 5.04. The number of aryl methyl sites for hydroxylation is 2. The molecule has 2 aromatic rings. The van der Waals surface area contributed by atoms with E-state index in [4.69, 9.17) is 0 Å². The Labute approximate surface area is 136 Å². The molecule has 0 aromatic heterocycles. The van der Waals surface area contributed by atoms with Crippen molar-refractivity contribution in [2.75, 3.05) is 17.2 Å². The minimum absolute atomic E-state index is 0.428. The lowest BCUT2D eigenvalue weighted by Gasteiger charge is -2.27. The highest BCUT2D eigenvalue weighted by Crippen LogP contribution is 2.31. The van der Waals surface area contributed by atoms with E-state index in [1.807, 2.05) is 30.3 Å². The normalized spacial score (nSPS) is 19.9. The van der Waals surface area contributed by atoms with Crippen LogP contribution in [0.3, 0.4) is 0 Å². The Morgan fingerprint density at radius 2 is 1.83 bits per heavy atom. The van der Waals surface area contributed by atoms with Gasteiger partial charge in [0.05, 0.1) is 4.90 Å². The number of sulfone groups is 1. The van der Waals surface area contributed by atoms with E-state index in [9.17, 15) is 8.42 Å². The number of hydrogen-bond acceptors (Lipinski definition) is 4. The van der Waals surface area contributed by atoms with Crippen LogP contribution in [-0.4, -0.2) is 20.3 Å². The second-order valence-corrected chi connectivity index (χ2v) is 8.35. The molecule has 2 aliphatic rings. The predicted molar refractivity (Wildman–Crippen MR) is 92.6 cm³/mol. The molecular weight excluding hydrogens is 308 g/mol. The van der Waals surface area contributed by atoms with Gasteiger partial charge in [-0.1, -0.05) is 18.2 Å². The zero-order valence-corrected chi connectivity index (χ0v) is 13.7. The molecule has 4 rings (SSSR count). The lowest BCUT2D eigenvalue weighted by atomic mass is 10.0. The first-order valence-corrected chi connectivity index (χ1v) is 9.64. The predicted octanol–water partition coefficient (Wildman–Crippen LogP) is 3.20. The summed E-state index contributed by atoms with van der Waals surface area (Å²) in [7, 11) is -3.38. The van der Waals surface area contributed by atoms with Gasteiger partial charge in [0.1, 0.15) is 5.37 Å². The summed E-state index contributed by atoms with van der Waals surface area (Å²) in [6.07, 6.45) is 3.38. The molecule has 2 aliphatic heterocycles. The van der Waals surface area contributed by atoms with Gasteiger partial charge >= 0.3 is 0 Å². The molecule has 0 aliphatic carbocycles. The molecule has 0 bridgehead atoms. The number of anilines is 2. The van der Waals surface area contributed by atoms with Crippen molar-refractivity contribution in [1.82, 2.24) is 0 Å². The molecule has 2 aromatic carbocycles. The van der Waals surface area contributed by atoms with Crippen LogP contribution in [0.2, 0.25) is 0 Å². The van der Waals surface area contributed by atoms with Gasteiger partial charge in [0.25, 0.3) is 0 Å². The summed E-state index contributed by atoms with van der Waals surface area (Å²) in [4.78, 5) is 0.428. The third kappa shape index (κ3) is 2.59. The van der Waals surface area contributed by atoms with Crippen molar-refractivity contribution in [2.45, 2.75) is 36.0 Å². The molecule has 2 heterocycles. The van der Waals surface area contributed by atoms with E-state index < -0.39 is 15.2 Å². The van der Waals surface area contributed by atoms with Gasteiger partial charge in [0, 0.05) is 17.9 Å². The van der Waals surface area contributed by atoms with Crippen molar-refractivity contribution in [3.63, 3.8) is 0 Å². The SMILES string of the molecule is O=S(=O)(c1ccc2c(c1)CCCN2)C1CCc2ccccc2N1. The van der Waals surface area contributed by atoms with E-state index in [0.717, 1.165) is 42.7 Å². The van der Waals surface area contributed by atoms with Crippen LogP contribution in [0.15, 0.2) is 47.4 Å². The van der Waals surface area contributed by atoms with Crippen molar-refractivity contribution in [2.24, 2.45) is 0 Å². The van der Waals surface area contributed by atoms with Crippen molar-refractivity contribution in [1.29, 1.82) is 0 Å². The summed E-state index contributed by atoms with van der Waals surface area (Å²) in [6.45, 7) is 0.958. The van der Waals surface area contributed by atoms with Crippen LogP contribution in [0.4, 0.5) is 11.4 Å². The molecule has 0 fully saturated rings. The lowest BCUT2D eigenvalue weighted by Crippen LogP contribution is -2.33. The van der Waals surface area contributed by atoms with Gasteiger partial charge in [0.2, 0.25) is 0 Å². The van der Waals surface area contributed by atoms with E-state index in [1.165, 1.54) is 5.56 Å². The molecule has 4 nitrogen and oxygen atoms in total. The Morgan fingerprint density at radius 3 is 2.74 bits per heavy atom. The van der Waals surface area contributed by atoms with Gasteiger partial charge in [-0.15, -0.1) is 0 Å². The summed E-state index contributed by atoms with van der Waals surface area (Å²) in [5, 5.41) is 5.99. The first-order valence-electron chi connectivity index (χ1n) is 8.10. The fourth-order valence-electron chi connectivity index (χ4n) is 3.44. The van der Waals surface area contributed by atoms with Crippen LogP contribution in [0.5, 0.6) is 0 Å². The summed E-state index contributed by atoms with van der Waals surface area (Å²) < 4.78 is 26.0. The summed E-state index contributed by atoms with van der Waals surface area (Å²) in [5.41, 5.74) is 4.30. The van der Waals surface area contributed by atoms with Crippen LogP contribution in [-0.2, 0) is 22.7 Å². The quantitative estimate of drug-likeness (QED) is 0.889. The van der Waals surface area contributed by atoms with Crippen molar-refractivity contribution < 1.29 is 8.42 Å². The standard InChI is InChI=1S/C18H20N2O2S/c21-23(22,15-8-9-16-14(12-15)5-3-11-19-16)18-10-7-13-4-1-2-6-17(13)20-18/h1-2,4,6,8-9,12,18-20H,3,5,7,10-11H2. The molecule has 23 heavy (non-hydrogen) atoms. The fraction of sp³-hybridized carbons (Fsp3) is 0.333. The van der Waals surface area contributed by atoms with Gasteiger partial charge < -0.3 is 10.6 Å². The second-order valence-electron chi connectivity index (χ2n) is 6.22. The lowest BCUT2D eigenvalue weighted by molar-refractivity contribution is 0.576. The number of para-hydroxylation sites is 1. The highest BCUT2D eigenvalue weighted by atomic mass is 32.2. The molecule has 0 spiro atoms. The average Bonchev–Trinajstić information content (AvgIpc) is 2.61. The Hall–Kier alpha value is -2.01. The average molecular weight is 328 g/mol. The van der Waals surface area contributed by atoms with Crippen molar-refractivity contribution >= 4 is 21.2 Å². The first-order chi connectivity index (χ1) is 11.1. The van der Waals surface area contributed by atoms with E-state index in [-0.39, 0.29) is 0 Å². The number of nitrogens with one attached hydrogen (secondary N) is 2. The molecule has 1 atom stereocenters. The van der Waals surface area contributed by atoms with Gasteiger partial charge in [-0.25, -0.2) is 8.42 Å². The molecule has 1 unspecified atom stereocenters. The summed E-state index contributed by atoms with van der Waals surface area (Å²) in [6, 6.07) is 13.4. The molecular formula is C18H20N2O2S. The highest BCUT2D eigenvalue weighted by Gasteiger charge is 2.31. The monoisotopic (exact) mass is 328 g/mol. The number of fused-ring (bicyclic) bond motifs is 2. The van der Waals surface area contributed by atoms with E-state index >= 15 is 0 Å². The minimum Gasteiger partial charge on any atom is -0.385 e. The van der Waals surface area contributed by atoms with Gasteiger partial charge in [-0.05, 0) is 61.1 Å². The zero-order chi connectivity index (χ0) is 15.9. The van der Waals surface area contributed by atoms with E-state index in [0.29, 0.717) is 11.3 Å². The van der Waals surface area contributed by atoms with Crippen LogP contribution in [0.1, 0.15) is 24.0 Å². The largest absolute Gasteiger partial charge is 0.385 e. The Kier molecular flexibility index (Phi) is 3.53. The Bertz CT molecular complexity index is 846. The maximum absolute atomic E-state index is 13.0. The topological polar surface area (TPSA) is 58.2 Å². The molecule has 0 saturated heterocycles. The van der Waals surface area contributed by atoms with Gasteiger partial charge in [-0.3, -0.25) is 0 Å². The van der Waals surface area contributed by atoms with Crippen LogP contribution in [0, 0.1) is 0 Å². The molecule has 0 saturated carbocycles. The third-order valence-electron chi connectivity index (χ3n) is 4.73. The number of rotatable bonds is 2.